The van der Waals surface area contributed by atoms with Crippen LogP contribution in [-0.4, -0.2) is 45.3 Å². The molecule has 21 heavy (non-hydrogen) atoms. The monoisotopic (exact) mass is 327 g/mol. The van der Waals surface area contributed by atoms with Gasteiger partial charge in [0.15, 0.2) is 11.0 Å². The van der Waals surface area contributed by atoms with Gasteiger partial charge in [-0.2, -0.15) is 0 Å². The first-order chi connectivity index (χ1) is 10.2. The molecule has 0 aliphatic rings. The van der Waals surface area contributed by atoms with Gasteiger partial charge in [0.05, 0.1) is 23.3 Å². The molecule has 0 saturated carbocycles. The number of ether oxygens (including phenoxy) is 1. The third kappa shape index (κ3) is 3.84. The summed E-state index contributed by atoms with van der Waals surface area (Å²) in [7, 11) is 1.65. The van der Waals surface area contributed by atoms with E-state index in [9.17, 15) is 4.79 Å². The lowest BCUT2D eigenvalue weighted by Crippen LogP contribution is -2.16. The number of carbonyl (C=O) groups is 1. The van der Waals surface area contributed by atoms with E-state index in [-0.39, 0.29) is 11.8 Å². The predicted molar refractivity (Wildman–Crippen MR) is 82.9 cm³/mol. The molecule has 0 aliphatic heterocycles. The summed E-state index contributed by atoms with van der Waals surface area (Å²) >= 11 is 2.77. The van der Waals surface area contributed by atoms with Gasteiger partial charge in [-0.3, -0.25) is 9.36 Å². The molecule has 2 aromatic rings. The van der Waals surface area contributed by atoms with Gasteiger partial charge in [-0.1, -0.05) is 24.8 Å². The van der Waals surface area contributed by atoms with Crippen LogP contribution in [0.15, 0.2) is 22.7 Å². The Morgan fingerprint density at radius 3 is 2.95 bits per heavy atom. The fraction of sp³-hybridized carbons (Fsp3) is 0.462. The van der Waals surface area contributed by atoms with Crippen LogP contribution in [0.4, 0.5) is 0 Å². The lowest BCUT2D eigenvalue weighted by Gasteiger charge is -2.19. The van der Waals surface area contributed by atoms with Crippen molar-refractivity contribution in [1.82, 2.24) is 14.8 Å². The molecule has 2 rings (SSSR count). The van der Waals surface area contributed by atoms with Gasteiger partial charge in [0, 0.05) is 7.11 Å². The quantitative estimate of drug-likeness (QED) is 0.751. The van der Waals surface area contributed by atoms with Crippen molar-refractivity contribution in [3.63, 3.8) is 0 Å². The van der Waals surface area contributed by atoms with E-state index in [1.165, 1.54) is 11.8 Å². The minimum atomic E-state index is -0.869. The summed E-state index contributed by atoms with van der Waals surface area (Å²) in [6, 6.07) is 4.02. The second-order valence-electron chi connectivity index (χ2n) is 4.35. The number of nitrogens with zero attached hydrogens (tertiary/aromatic N) is 3. The van der Waals surface area contributed by atoms with Crippen molar-refractivity contribution in [3.8, 4) is 10.7 Å². The lowest BCUT2D eigenvalue weighted by molar-refractivity contribution is -0.133. The standard InChI is InChI=1S/C13H17N3O3S2/c1-3-9(7-19-2)16-12(10-5-4-6-20-10)14-15-13(16)21-8-11(17)18/h4-6,9H,3,7-8H2,1-2H3,(H,17,18). The number of carboxylic acids is 1. The topological polar surface area (TPSA) is 77.2 Å². The van der Waals surface area contributed by atoms with Crippen molar-refractivity contribution in [2.75, 3.05) is 19.5 Å². The number of rotatable bonds is 8. The SMILES string of the molecule is CCC(COC)n1c(SCC(=O)O)nnc1-c1cccs1. The third-order valence-electron chi connectivity index (χ3n) is 2.93. The van der Waals surface area contributed by atoms with Crippen LogP contribution < -0.4 is 0 Å². The Hall–Kier alpha value is -1.38. The average molecular weight is 327 g/mol. The summed E-state index contributed by atoms with van der Waals surface area (Å²) < 4.78 is 7.26. The van der Waals surface area contributed by atoms with Gasteiger partial charge in [0.1, 0.15) is 0 Å². The largest absolute Gasteiger partial charge is 0.481 e. The molecule has 0 bridgehead atoms. The van der Waals surface area contributed by atoms with Crippen molar-refractivity contribution in [2.24, 2.45) is 0 Å². The van der Waals surface area contributed by atoms with Gasteiger partial charge in [0.25, 0.3) is 0 Å². The molecule has 0 fully saturated rings. The van der Waals surface area contributed by atoms with Gasteiger partial charge in [-0.05, 0) is 17.9 Å². The third-order valence-corrected chi connectivity index (χ3v) is 4.72. The van der Waals surface area contributed by atoms with Gasteiger partial charge < -0.3 is 9.84 Å². The second kappa shape index (κ2) is 7.58. The van der Waals surface area contributed by atoms with Crippen molar-refractivity contribution >= 4 is 29.1 Å². The Morgan fingerprint density at radius 2 is 2.38 bits per heavy atom. The van der Waals surface area contributed by atoms with E-state index in [0.29, 0.717) is 11.8 Å². The summed E-state index contributed by atoms with van der Waals surface area (Å²) in [6.45, 7) is 2.60. The lowest BCUT2D eigenvalue weighted by atomic mass is 10.2. The highest BCUT2D eigenvalue weighted by Gasteiger charge is 2.22. The molecule has 114 valence electrons. The number of carboxylic acid groups (broad SMARTS) is 1. The molecule has 1 N–H and O–H groups in total. The summed E-state index contributed by atoms with van der Waals surface area (Å²) in [5.41, 5.74) is 0. The maximum atomic E-state index is 10.8. The van der Waals surface area contributed by atoms with Gasteiger partial charge >= 0.3 is 5.97 Å². The number of aromatic nitrogens is 3. The fourth-order valence-electron chi connectivity index (χ4n) is 1.97. The van der Waals surface area contributed by atoms with Crippen LogP contribution in [0.25, 0.3) is 10.7 Å². The highest BCUT2D eigenvalue weighted by atomic mass is 32.2. The van der Waals surface area contributed by atoms with Crippen LogP contribution in [0.2, 0.25) is 0 Å². The minimum Gasteiger partial charge on any atom is -0.481 e. The molecule has 1 unspecified atom stereocenters. The van der Waals surface area contributed by atoms with Gasteiger partial charge in [-0.25, -0.2) is 0 Å². The molecular formula is C13H17N3O3S2. The number of hydrogen-bond acceptors (Lipinski definition) is 6. The molecule has 1 atom stereocenters. The van der Waals surface area contributed by atoms with E-state index in [4.69, 9.17) is 9.84 Å². The first-order valence-corrected chi connectivity index (χ1v) is 8.36. The molecule has 0 radical (unpaired) electrons. The summed E-state index contributed by atoms with van der Waals surface area (Å²) in [5.74, 6) is -0.139. The van der Waals surface area contributed by atoms with Crippen molar-refractivity contribution in [1.29, 1.82) is 0 Å². The Kier molecular flexibility index (Phi) is 5.77. The number of thioether (sulfide) groups is 1. The second-order valence-corrected chi connectivity index (χ2v) is 6.24. The van der Waals surface area contributed by atoms with E-state index in [0.717, 1.165) is 17.1 Å². The smallest absolute Gasteiger partial charge is 0.313 e. The van der Waals surface area contributed by atoms with Crippen LogP contribution in [-0.2, 0) is 9.53 Å². The summed E-state index contributed by atoms with van der Waals surface area (Å²) in [6.07, 6.45) is 0.852. The first kappa shape index (κ1) is 16.0. The molecule has 2 aromatic heterocycles. The maximum absolute atomic E-state index is 10.8. The van der Waals surface area contributed by atoms with Gasteiger partial charge in [-0.15, -0.1) is 21.5 Å². The Labute approximate surface area is 131 Å². The molecular weight excluding hydrogens is 310 g/mol. The number of methoxy groups -OCH3 is 1. The van der Waals surface area contributed by atoms with Crippen LogP contribution in [0.1, 0.15) is 19.4 Å². The van der Waals surface area contributed by atoms with Crippen molar-refractivity contribution in [2.45, 2.75) is 24.5 Å². The summed E-state index contributed by atoms with van der Waals surface area (Å²) in [5, 5.41) is 19.9. The minimum absolute atomic E-state index is 0.0357. The molecule has 8 heteroatoms. The first-order valence-electron chi connectivity index (χ1n) is 6.49. The Balaban J connectivity index is 2.39. The zero-order chi connectivity index (χ0) is 15.2. The van der Waals surface area contributed by atoms with Crippen molar-refractivity contribution in [3.05, 3.63) is 17.5 Å². The van der Waals surface area contributed by atoms with Crippen LogP contribution >= 0.6 is 23.1 Å². The normalized spacial score (nSPS) is 12.5. The molecule has 0 amide bonds. The van der Waals surface area contributed by atoms with Crippen molar-refractivity contribution < 1.29 is 14.6 Å². The summed E-state index contributed by atoms with van der Waals surface area (Å²) in [4.78, 5) is 11.8. The fourth-order valence-corrected chi connectivity index (χ4v) is 3.40. The van der Waals surface area contributed by atoms with Crippen LogP contribution in [0.3, 0.4) is 0 Å². The number of thiophene rings is 1. The van der Waals surface area contributed by atoms with Crippen LogP contribution in [0.5, 0.6) is 0 Å². The molecule has 0 aromatic carbocycles. The Bertz CT molecular complexity index is 584. The average Bonchev–Trinajstić information content (AvgIpc) is 3.11. The Morgan fingerprint density at radius 1 is 1.57 bits per heavy atom. The highest BCUT2D eigenvalue weighted by molar-refractivity contribution is 7.99. The maximum Gasteiger partial charge on any atom is 0.313 e. The molecule has 0 spiro atoms. The predicted octanol–water partition coefficient (Wildman–Crippen LogP) is 2.78. The molecule has 0 aliphatic carbocycles. The van der Waals surface area contributed by atoms with Gasteiger partial charge in [0.2, 0.25) is 0 Å². The number of hydrogen-bond donors (Lipinski definition) is 1. The highest BCUT2D eigenvalue weighted by Crippen LogP contribution is 2.31. The molecule has 0 saturated heterocycles. The van der Waals surface area contributed by atoms with E-state index in [2.05, 4.69) is 17.1 Å². The zero-order valence-electron chi connectivity index (χ0n) is 11.9. The van der Waals surface area contributed by atoms with E-state index in [1.54, 1.807) is 18.4 Å². The molecule has 2 heterocycles. The zero-order valence-corrected chi connectivity index (χ0v) is 13.5. The van der Waals surface area contributed by atoms with E-state index in [1.807, 2.05) is 22.1 Å². The van der Waals surface area contributed by atoms with Crippen LogP contribution in [0, 0.1) is 0 Å². The number of aliphatic carboxylic acids is 1. The van der Waals surface area contributed by atoms with E-state index >= 15 is 0 Å². The van der Waals surface area contributed by atoms with E-state index < -0.39 is 5.97 Å². The molecule has 6 nitrogen and oxygen atoms in total.